The smallest absolute Gasteiger partial charge is 0.176 e. The highest BCUT2D eigenvalue weighted by molar-refractivity contribution is 5.83. The summed E-state index contributed by atoms with van der Waals surface area (Å²) in [7, 11) is 3.74. The Hall–Kier alpha value is -3.20. The summed E-state index contributed by atoms with van der Waals surface area (Å²) in [6, 6.07) is 12.0. The molecule has 3 aromatic rings. The Labute approximate surface area is 134 Å². The van der Waals surface area contributed by atoms with Crippen LogP contribution in [0.15, 0.2) is 41.5 Å². The number of nitriles is 1. The first-order chi connectivity index (χ1) is 11.1. The third kappa shape index (κ3) is 2.77. The lowest BCUT2D eigenvalue weighted by atomic mass is 10.1. The number of hydrogen-bond donors (Lipinski definition) is 0. The van der Waals surface area contributed by atoms with Crippen molar-refractivity contribution in [3.8, 4) is 11.9 Å². The van der Waals surface area contributed by atoms with E-state index in [-0.39, 0.29) is 0 Å². The number of aryl methyl sites for hydroxylation is 1. The van der Waals surface area contributed by atoms with Crippen molar-refractivity contribution in [1.29, 1.82) is 5.26 Å². The topological polar surface area (TPSA) is 70.1 Å². The van der Waals surface area contributed by atoms with Crippen LogP contribution in [0.2, 0.25) is 0 Å². The molecule has 0 atom stereocenters. The Morgan fingerprint density at radius 3 is 2.83 bits per heavy atom. The highest BCUT2D eigenvalue weighted by Crippen LogP contribution is 2.24. The van der Waals surface area contributed by atoms with Gasteiger partial charge in [-0.15, -0.1) is 0 Å². The van der Waals surface area contributed by atoms with Crippen molar-refractivity contribution in [2.45, 2.75) is 6.92 Å². The number of nitrogens with zero attached hydrogens (tertiary/aromatic N) is 6. The summed E-state index contributed by atoms with van der Waals surface area (Å²) in [6.45, 7) is 2.03. The molecule has 0 aliphatic rings. The molecule has 0 aliphatic heterocycles. The monoisotopic (exact) mass is 304 g/mol. The Morgan fingerprint density at radius 2 is 2.09 bits per heavy atom. The Kier molecular flexibility index (Phi) is 3.77. The van der Waals surface area contributed by atoms with Crippen LogP contribution in [0.4, 0.5) is 5.82 Å². The van der Waals surface area contributed by atoms with Gasteiger partial charge < -0.3 is 4.90 Å². The van der Waals surface area contributed by atoms with Crippen molar-refractivity contribution in [3.63, 3.8) is 0 Å². The van der Waals surface area contributed by atoms with E-state index in [1.54, 1.807) is 15.9 Å². The summed E-state index contributed by atoms with van der Waals surface area (Å²) >= 11 is 0. The van der Waals surface area contributed by atoms with Crippen molar-refractivity contribution < 1.29 is 0 Å². The second kappa shape index (κ2) is 5.89. The number of benzene rings is 1. The minimum absolute atomic E-state index is 0.413. The van der Waals surface area contributed by atoms with Gasteiger partial charge in [0, 0.05) is 19.5 Å². The number of aliphatic imine (C=N–C) groups is 1. The number of hydrogen-bond acceptors (Lipinski definition) is 4. The minimum Gasteiger partial charge on any atom is -0.369 e. The van der Waals surface area contributed by atoms with Gasteiger partial charge in [-0.25, -0.2) is 9.98 Å². The Balaban J connectivity index is 2.19. The lowest BCUT2D eigenvalue weighted by Gasteiger charge is -2.08. The van der Waals surface area contributed by atoms with Gasteiger partial charge in [-0.1, -0.05) is 18.2 Å². The average Bonchev–Trinajstić information content (AvgIpc) is 2.95. The van der Waals surface area contributed by atoms with Crippen LogP contribution < -0.4 is 0 Å². The number of pyridine rings is 1. The maximum Gasteiger partial charge on any atom is 0.176 e. The second-order valence-electron chi connectivity index (χ2n) is 5.43. The molecule has 6 nitrogen and oxygen atoms in total. The normalized spacial score (nSPS) is 11.0. The van der Waals surface area contributed by atoms with Crippen LogP contribution in [0.25, 0.3) is 16.7 Å². The molecule has 0 fully saturated rings. The highest BCUT2D eigenvalue weighted by atomic mass is 15.3. The summed E-state index contributed by atoms with van der Waals surface area (Å²) in [6.07, 6.45) is 3.15. The zero-order valence-corrected chi connectivity index (χ0v) is 13.2. The fraction of sp³-hybridized carbons (Fsp3) is 0.176. The van der Waals surface area contributed by atoms with Gasteiger partial charge in [0.1, 0.15) is 11.6 Å². The predicted molar refractivity (Wildman–Crippen MR) is 90.2 cm³/mol. The molecule has 0 radical (unpaired) electrons. The molecule has 6 heteroatoms. The molecule has 0 amide bonds. The van der Waals surface area contributed by atoms with E-state index in [9.17, 15) is 5.26 Å². The fourth-order valence-electron chi connectivity index (χ4n) is 2.32. The van der Waals surface area contributed by atoms with E-state index >= 15 is 0 Å². The van der Waals surface area contributed by atoms with Crippen LogP contribution in [0, 0.1) is 18.3 Å². The number of para-hydroxylation sites is 1. The highest BCUT2D eigenvalue weighted by Gasteiger charge is 2.13. The van der Waals surface area contributed by atoms with E-state index in [1.807, 2.05) is 51.4 Å². The zero-order valence-electron chi connectivity index (χ0n) is 13.2. The van der Waals surface area contributed by atoms with Crippen molar-refractivity contribution in [2.24, 2.45) is 4.99 Å². The van der Waals surface area contributed by atoms with Gasteiger partial charge in [0.15, 0.2) is 11.6 Å². The van der Waals surface area contributed by atoms with Gasteiger partial charge >= 0.3 is 0 Å². The van der Waals surface area contributed by atoms with Crippen LogP contribution in [-0.4, -0.2) is 40.1 Å². The first-order valence-electron chi connectivity index (χ1n) is 7.15. The molecule has 1 aromatic carbocycles. The molecule has 3 rings (SSSR count). The molecule has 114 valence electrons. The molecule has 0 saturated carbocycles. The van der Waals surface area contributed by atoms with Gasteiger partial charge in [-0.2, -0.15) is 15.0 Å². The van der Waals surface area contributed by atoms with Gasteiger partial charge in [-0.05, 0) is 24.6 Å². The fourth-order valence-corrected chi connectivity index (χ4v) is 2.32. The summed E-state index contributed by atoms with van der Waals surface area (Å²) in [5.41, 5.74) is 2.40. The van der Waals surface area contributed by atoms with Crippen molar-refractivity contribution in [1.82, 2.24) is 19.7 Å². The van der Waals surface area contributed by atoms with Crippen LogP contribution >= 0.6 is 0 Å². The minimum atomic E-state index is 0.413. The quantitative estimate of drug-likeness (QED) is 0.551. The van der Waals surface area contributed by atoms with Crippen molar-refractivity contribution >= 4 is 23.1 Å². The van der Waals surface area contributed by atoms with Gasteiger partial charge in [-0.3, -0.25) is 0 Å². The third-order valence-electron chi connectivity index (χ3n) is 3.40. The van der Waals surface area contributed by atoms with Gasteiger partial charge in [0.2, 0.25) is 0 Å². The number of fused-ring (bicyclic) bond motifs is 1. The molecule has 2 aromatic heterocycles. The average molecular weight is 304 g/mol. The van der Waals surface area contributed by atoms with Crippen LogP contribution in [0.5, 0.6) is 0 Å². The molecule has 2 heterocycles. The van der Waals surface area contributed by atoms with Gasteiger partial charge in [0.05, 0.1) is 18.1 Å². The molecule has 0 saturated heterocycles. The molecule has 0 spiro atoms. The number of aromatic nitrogens is 3. The second-order valence-corrected chi connectivity index (χ2v) is 5.43. The standard InChI is InChI=1S/C17H16N6/c1-12-8-16(21-15-7-5-4-6-14(12)15)23-17(19-11-22(2)3)13(9-18)10-20-23/h4-8,10-11H,1-3H3/b19-11+. The molecule has 0 bridgehead atoms. The van der Waals surface area contributed by atoms with E-state index in [0.29, 0.717) is 17.2 Å². The van der Waals surface area contributed by atoms with Gasteiger partial charge in [0.25, 0.3) is 0 Å². The predicted octanol–water partition coefficient (Wildman–Crippen LogP) is 2.82. The maximum absolute atomic E-state index is 9.26. The Morgan fingerprint density at radius 1 is 1.30 bits per heavy atom. The van der Waals surface area contributed by atoms with Crippen LogP contribution in [0.3, 0.4) is 0 Å². The molecular weight excluding hydrogens is 288 g/mol. The number of rotatable bonds is 3. The molecule has 0 aliphatic carbocycles. The lowest BCUT2D eigenvalue weighted by Crippen LogP contribution is -2.08. The zero-order chi connectivity index (χ0) is 16.4. The SMILES string of the molecule is Cc1cc(-n2ncc(C#N)c2/N=C/N(C)C)nc2ccccc12. The molecular formula is C17H16N6. The summed E-state index contributed by atoms with van der Waals surface area (Å²) in [5, 5.41) is 14.6. The molecule has 23 heavy (non-hydrogen) atoms. The lowest BCUT2D eigenvalue weighted by molar-refractivity contribution is 0.642. The van der Waals surface area contributed by atoms with Crippen molar-refractivity contribution in [3.05, 3.63) is 47.7 Å². The van der Waals surface area contributed by atoms with E-state index in [2.05, 4.69) is 21.1 Å². The first kappa shape index (κ1) is 14.7. The Bertz CT molecular complexity index is 930. The third-order valence-corrected chi connectivity index (χ3v) is 3.40. The van der Waals surface area contributed by atoms with E-state index in [4.69, 9.17) is 0 Å². The molecule has 0 N–H and O–H groups in total. The van der Waals surface area contributed by atoms with E-state index in [1.165, 1.54) is 6.20 Å². The molecule has 0 unspecified atom stereocenters. The summed E-state index contributed by atoms with van der Waals surface area (Å²) in [5.74, 6) is 1.12. The largest absolute Gasteiger partial charge is 0.369 e. The van der Waals surface area contributed by atoms with Crippen LogP contribution in [0.1, 0.15) is 11.1 Å². The van der Waals surface area contributed by atoms with Crippen LogP contribution in [-0.2, 0) is 0 Å². The summed E-state index contributed by atoms with van der Waals surface area (Å²) < 4.78 is 1.60. The van der Waals surface area contributed by atoms with Crippen molar-refractivity contribution in [2.75, 3.05) is 14.1 Å². The van der Waals surface area contributed by atoms with E-state index < -0.39 is 0 Å². The maximum atomic E-state index is 9.26. The van der Waals surface area contributed by atoms with E-state index in [0.717, 1.165) is 16.5 Å². The first-order valence-corrected chi connectivity index (χ1v) is 7.15. The summed E-state index contributed by atoms with van der Waals surface area (Å²) in [4.78, 5) is 10.8.